The van der Waals surface area contributed by atoms with Gasteiger partial charge in [-0.15, -0.1) is 0 Å². The van der Waals surface area contributed by atoms with Crippen LogP contribution < -0.4 is 0 Å². The Hall–Kier alpha value is -0.860. The molecule has 0 unspecified atom stereocenters. The Kier molecular flexibility index (Phi) is 5.50. The highest BCUT2D eigenvalue weighted by Crippen LogP contribution is 2.75. The van der Waals surface area contributed by atoms with E-state index in [1.165, 1.54) is 45.6 Å². The van der Waals surface area contributed by atoms with Crippen LogP contribution in [0.2, 0.25) is 0 Å². The standard InChI is InChI=1S/C28H46O3/c1-24(2)14-8-15-25(3)19(24)11-17-27(5)20(25)9-10-21-26(4,16-13-23(30)31-7)22(29)12-18-28(21,27)6/h19-21H,8-18H2,1-7H3/t19-,20+,21+,25-,26+,27+,28+/m0/s1. The van der Waals surface area contributed by atoms with Crippen LogP contribution in [-0.4, -0.2) is 18.9 Å². The molecule has 3 nitrogen and oxygen atoms in total. The number of carbonyl (C=O) groups is 2. The van der Waals surface area contributed by atoms with Crippen molar-refractivity contribution in [1.82, 2.24) is 0 Å². The van der Waals surface area contributed by atoms with Crippen molar-refractivity contribution in [3.8, 4) is 0 Å². The van der Waals surface area contributed by atoms with E-state index in [4.69, 9.17) is 4.74 Å². The number of rotatable bonds is 3. The minimum atomic E-state index is -0.390. The second kappa shape index (κ2) is 7.32. The molecule has 3 heteroatoms. The molecule has 4 rings (SSSR count). The van der Waals surface area contributed by atoms with Crippen molar-refractivity contribution in [3.05, 3.63) is 0 Å². The van der Waals surface area contributed by atoms with Gasteiger partial charge in [0, 0.05) is 18.3 Å². The van der Waals surface area contributed by atoms with Gasteiger partial charge in [-0.05, 0) is 90.8 Å². The highest BCUT2D eigenvalue weighted by molar-refractivity contribution is 5.86. The normalized spacial score (nSPS) is 48.9. The van der Waals surface area contributed by atoms with E-state index in [1.807, 2.05) is 0 Å². The van der Waals surface area contributed by atoms with Crippen molar-refractivity contribution >= 4 is 11.8 Å². The molecule has 0 radical (unpaired) electrons. The fourth-order valence-corrected chi connectivity index (χ4v) is 10.1. The fraction of sp³-hybridized carbons (Fsp3) is 0.929. The van der Waals surface area contributed by atoms with E-state index in [0.29, 0.717) is 41.8 Å². The Morgan fingerprint density at radius 1 is 0.871 bits per heavy atom. The van der Waals surface area contributed by atoms with E-state index in [2.05, 4.69) is 41.5 Å². The molecule has 31 heavy (non-hydrogen) atoms. The van der Waals surface area contributed by atoms with Gasteiger partial charge in [0.15, 0.2) is 0 Å². The molecule has 7 atom stereocenters. The van der Waals surface area contributed by atoms with Gasteiger partial charge in [0.05, 0.1) is 7.11 Å². The third kappa shape index (κ3) is 3.11. The average Bonchev–Trinajstić information content (AvgIpc) is 2.69. The van der Waals surface area contributed by atoms with E-state index < -0.39 is 5.41 Å². The minimum absolute atomic E-state index is 0.171. The number of ketones is 1. The van der Waals surface area contributed by atoms with Crippen LogP contribution in [0.3, 0.4) is 0 Å². The monoisotopic (exact) mass is 430 g/mol. The molecule has 0 aromatic carbocycles. The molecule has 0 amide bonds. The fourth-order valence-electron chi connectivity index (χ4n) is 10.1. The molecule has 4 fully saturated rings. The highest BCUT2D eigenvalue weighted by atomic mass is 16.5. The van der Waals surface area contributed by atoms with Gasteiger partial charge >= 0.3 is 5.97 Å². The topological polar surface area (TPSA) is 43.4 Å². The molecule has 0 N–H and O–H groups in total. The van der Waals surface area contributed by atoms with E-state index >= 15 is 0 Å². The molecule has 176 valence electrons. The van der Waals surface area contributed by atoms with Gasteiger partial charge in [0.2, 0.25) is 0 Å². The lowest BCUT2D eigenvalue weighted by Gasteiger charge is -2.72. The van der Waals surface area contributed by atoms with Crippen molar-refractivity contribution in [2.24, 2.45) is 44.8 Å². The lowest BCUT2D eigenvalue weighted by Crippen LogP contribution is -2.66. The lowest BCUT2D eigenvalue weighted by molar-refractivity contribution is -0.231. The largest absolute Gasteiger partial charge is 0.469 e. The molecule has 4 aliphatic rings. The number of hydrogen-bond acceptors (Lipinski definition) is 3. The van der Waals surface area contributed by atoms with Gasteiger partial charge in [-0.2, -0.15) is 0 Å². The molecule has 0 aromatic heterocycles. The summed E-state index contributed by atoms with van der Waals surface area (Å²) in [5.41, 5.74) is 0.932. The number of carbonyl (C=O) groups excluding carboxylic acids is 2. The SMILES string of the molecule is COC(=O)CC[C@@]1(C)C(=O)CC[C@]2(C)[C@@H]1CC[C@@H]1[C@@]3(C)CCCC(C)(C)[C@@H]3CC[C@]12C. The number of esters is 1. The molecular weight excluding hydrogens is 384 g/mol. The summed E-state index contributed by atoms with van der Waals surface area (Å²) in [7, 11) is 1.45. The minimum Gasteiger partial charge on any atom is -0.469 e. The predicted octanol–water partition coefficient (Wildman–Crippen LogP) is 6.97. The van der Waals surface area contributed by atoms with Crippen molar-refractivity contribution in [2.45, 2.75) is 112 Å². The van der Waals surface area contributed by atoms with Crippen LogP contribution in [0.5, 0.6) is 0 Å². The van der Waals surface area contributed by atoms with E-state index in [-0.39, 0.29) is 16.8 Å². The van der Waals surface area contributed by atoms with Crippen LogP contribution in [0.1, 0.15) is 112 Å². The molecule has 4 saturated carbocycles. The second-order valence-corrected chi connectivity index (χ2v) is 13.4. The summed E-state index contributed by atoms with van der Waals surface area (Å²) in [6, 6.07) is 0. The Labute approximate surface area is 190 Å². The third-order valence-electron chi connectivity index (χ3n) is 12.0. The molecule has 0 aliphatic heterocycles. The van der Waals surface area contributed by atoms with Crippen LogP contribution in [0.25, 0.3) is 0 Å². The lowest BCUT2D eigenvalue weighted by atomic mass is 9.32. The number of ether oxygens (including phenoxy) is 1. The maximum Gasteiger partial charge on any atom is 0.305 e. The zero-order valence-corrected chi connectivity index (χ0v) is 21.2. The molecule has 0 saturated heterocycles. The molecular formula is C28H46O3. The number of Topliss-reactive ketones (excluding diaryl/α,β-unsaturated/α-hetero) is 1. The number of hydrogen-bond donors (Lipinski definition) is 0. The van der Waals surface area contributed by atoms with Crippen molar-refractivity contribution in [2.75, 3.05) is 7.11 Å². The van der Waals surface area contributed by atoms with Gasteiger partial charge in [0.1, 0.15) is 5.78 Å². The van der Waals surface area contributed by atoms with Crippen LogP contribution in [-0.2, 0) is 14.3 Å². The summed E-state index contributed by atoms with van der Waals surface area (Å²) in [6.45, 7) is 15.0. The van der Waals surface area contributed by atoms with Gasteiger partial charge in [-0.1, -0.05) is 48.0 Å². The van der Waals surface area contributed by atoms with Gasteiger partial charge in [-0.3, -0.25) is 9.59 Å². The third-order valence-corrected chi connectivity index (χ3v) is 12.0. The quantitative estimate of drug-likeness (QED) is 0.454. The van der Waals surface area contributed by atoms with E-state index in [1.54, 1.807) is 0 Å². The Morgan fingerprint density at radius 2 is 1.52 bits per heavy atom. The summed E-state index contributed by atoms with van der Waals surface area (Å²) in [4.78, 5) is 25.3. The maximum atomic E-state index is 13.3. The van der Waals surface area contributed by atoms with Gasteiger partial charge in [-0.25, -0.2) is 0 Å². The van der Waals surface area contributed by atoms with Gasteiger partial charge < -0.3 is 4.74 Å². The first kappa shape index (κ1) is 23.3. The highest BCUT2D eigenvalue weighted by Gasteiger charge is 2.69. The van der Waals surface area contributed by atoms with Crippen LogP contribution in [0.15, 0.2) is 0 Å². The van der Waals surface area contributed by atoms with Crippen LogP contribution >= 0.6 is 0 Å². The Bertz CT molecular complexity index is 755. The molecule has 0 bridgehead atoms. The second-order valence-electron chi connectivity index (χ2n) is 13.4. The maximum absolute atomic E-state index is 13.3. The first-order valence-corrected chi connectivity index (χ1v) is 13.0. The summed E-state index contributed by atoms with van der Waals surface area (Å²) >= 11 is 0. The Balaban J connectivity index is 1.70. The van der Waals surface area contributed by atoms with Crippen molar-refractivity contribution < 1.29 is 14.3 Å². The molecule has 4 aliphatic carbocycles. The summed E-state index contributed by atoms with van der Waals surface area (Å²) < 4.78 is 4.93. The van der Waals surface area contributed by atoms with Crippen molar-refractivity contribution in [3.63, 3.8) is 0 Å². The first-order valence-electron chi connectivity index (χ1n) is 13.0. The summed E-state index contributed by atoms with van der Waals surface area (Å²) in [5.74, 6) is 2.16. The molecule has 0 aromatic rings. The summed E-state index contributed by atoms with van der Waals surface area (Å²) in [5, 5.41) is 0. The zero-order valence-electron chi connectivity index (χ0n) is 21.2. The Morgan fingerprint density at radius 3 is 2.19 bits per heavy atom. The smallest absolute Gasteiger partial charge is 0.305 e. The van der Waals surface area contributed by atoms with E-state index in [0.717, 1.165) is 24.7 Å². The van der Waals surface area contributed by atoms with Crippen molar-refractivity contribution in [1.29, 1.82) is 0 Å². The predicted molar refractivity (Wildman–Crippen MR) is 124 cm³/mol. The zero-order chi connectivity index (χ0) is 22.9. The molecule has 0 heterocycles. The van der Waals surface area contributed by atoms with Gasteiger partial charge in [0.25, 0.3) is 0 Å². The average molecular weight is 431 g/mol. The van der Waals surface area contributed by atoms with E-state index in [9.17, 15) is 9.59 Å². The summed E-state index contributed by atoms with van der Waals surface area (Å²) in [6.07, 6.45) is 11.9. The molecule has 0 spiro atoms. The number of fused-ring (bicyclic) bond motifs is 5. The first-order chi connectivity index (χ1) is 14.3. The van der Waals surface area contributed by atoms with Crippen LogP contribution in [0.4, 0.5) is 0 Å². The number of methoxy groups -OCH3 is 1. The van der Waals surface area contributed by atoms with Crippen LogP contribution in [0, 0.1) is 44.8 Å².